The standard InChI is InChI=1S/C18H23N3O4/c1-12-8-13(2)21-17(23)16(12)10-20-18(24)19-9-14(22)11-25-15-6-4-3-5-7-15/h3-8,14,22H,9-11H2,1-2H3,(H,21,23)(H2,19,20,24)/t14-/m0/s1. The molecule has 0 saturated heterocycles. The molecule has 1 aromatic carbocycles. The molecular weight excluding hydrogens is 322 g/mol. The Kier molecular flexibility index (Phi) is 6.59. The van der Waals surface area contributed by atoms with E-state index in [1.807, 2.05) is 31.2 Å². The lowest BCUT2D eigenvalue weighted by Gasteiger charge is -2.14. The lowest BCUT2D eigenvalue weighted by atomic mass is 10.1. The van der Waals surface area contributed by atoms with Crippen molar-refractivity contribution in [1.29, 1.82) is 0 Å². The summed E-state index contributed by atoms with van der Waals surface area (Å²) in [5.41, 5.74) is 1.89. The van der Waals surface area contributed by atoms with Crippen LogP contribution in [0.25, 0.3) is 0 Å². The number of carbonyl (C=O) groups is 1. The minimum Gasteiger partial charge on any atom is -0.491 e. The number of hydrogen-bond acceptors (Lipinski definition) is 4. The van der Waals surface area contributed by atoms with Crippen molar-refractivity contribution in [1.82, 2.24) is 15.6 Å². The zero-order valence-corrected chi connectivity index (χ0v) is 14.3. The number of aryl methyl sites for hydroxylation is 2. The summed E-state index contributed by atoms with van der Waals surface area (Å²) in [7, 11) is 0. The van der Waals surface area contributed by atoms with Crippen molar-refractivity contribution in [3.05, 3.63) is 63.6 Å². The first-order valence-electron chi connectivity index (χ1n) is 8.02. The van der Waals surface area contributed by atoms with Crippen LogP contribution in [0.2, 0.25) is 0 Å². The van der Waals surface area contributed by atoms with Crippen LogP contribution in [0.15, 0.2) is 41.2 Å². The van der Waals surface area contributed by atoms with E-state index >= 15 is 0 Å². The number of rotatable bonds is 7. The molecule has 1 heterocycles. The third kappa shape index (κ3) is 5.96. The zero-order valence-electron chi connectivity index (χ0n) is 14.3. The molecule has 2 aromatic rings. The second-order valence-electron chi connectivity index (χ2n) is 5.78. The van der Waals surface area contributed by atoms with Gasteiger partial charge in [-0.2, -0.15) is 0 Å². The van der Waals surface area contributed by atoms with E-state index in [2.05, 4.69) is 15.6 Å². The highest BCUT2D eigenvalue weighted by Gasteiger charge is 2.10. The number of para-hydroxylation sites is 1. The van der Waals surface area contributed by atoms with Gasteiger partial charge in [-0.1, -0.05) is 18.2 Å². The van der Waals surface area contributed by atoms with Crippen molar-refractivity contribution < 1.29 is 14.6 Å². The fourth-order valence-corrected chi connectivity index (χ4v) is 2.31. The lowest BCUT2D eigenvalue weighted by molar-refractivity contribution is 0.108. The number of H-pyrrole nitrogens is 1. The van der Waals surface area contributed by atoms with Gasteiger partial charge >= 0.3 is 6.03 Å². The topological polar surface area (TPSA) is 103 Å². The molecule has 0 aliphatic carbocycles. The number of aliphatic hydroxyl groups excluding tert-OH is 1. The van der Waals surface area contributed by atoms with Crippen molar-refractivity contribution in [2.45, 2.75) is 26.5 Å². The molecule has 2 amide bonds. The summed E-state index contributed by atoms with van der Waals surface area (Å²) in [4.78, 5) is 26.4. The average Bonchev–Trinajstić information content (AvgIpc) is 2.58. The Morgan fingerprint density at radius 2 is 1.96 bits per heavy atom. The highest BCUT2D eigenvalue weighted by Crippen LogP contribution is 2.08. The quantitative estimate of drug-likeness (QED) is 0.606. The van der Waals surface area contributed by atoms with Gasteiger partial charge in [-0.25, -0.2) is 4.79 Å². The van der Waals surface area contributed by atoms with Crippen LogP contribution in [-0.4, -0.2) is 35.4 Å². The number of benzene rings is 1. The Bertz CT molecular complexity index is 759. The van der Waals surface area contributed by atoms with Gasteiger partial charge in [0.2, 0.25) is 0 Å². The molecule has 7 heteroatoms. The van der Waals surface area contributed by atoms with Gasteiger partial charge in [-0.3, -0.25) is 4.79 Å². The average molecular weight is 345 g/mol. The fraction of sp³-hybridized carbons (Fsp3) is 0.333. The van der Waals surface area contributed by atoms with Crippen molar-refractivity contribution >= 4 is 6.03 Å². The SMILES string of the molecule is Cc1cc(C)c(CNC(=O)NC[C@H](O)COc2ccccc2)c(=O)[nH]1. The Labute approximate surface area is 146 Å². The summed E-state index contributed by atoms with van der Waals surface area (Å²) in [6.45, 7) is 3.85. The zero-order chi connectivity index (χ0) is 18.2. The van der Waals surface area contributed by atoms with Gasteiger partial charge in [0, 0.05) is 17.8 Å². The predicted octanol–water partition coefficient (Wildman–Crippen LogP) is 1.23. The molecule has 0 saturated carbocycles. The molecule has 134 valence electrons. The summed E-state index contributed by atoms with van der Waals surface area (Å²) < 4.78 is 5.40. The molecule has 0 unspecified atom stereocenters. The Balaban J connectivity index is 1.73. The van der Waals surface area contributed by atoms with E-state index in [1.54, 1.807) is 19.1 Å². The number of pyridine rings is 1. The predicted molar refractivity (Wildman–Crippen MR) is 94.7 cm³/mol. The number of urea groups is 1. The van der Waals surface area contributed by atoms with Gasteiger partial charge in [0.15, 0.2) is 0 Å². The molecule has 7 nitrogen and oxygen atoms in total. The smallest absolute Gasteiger partial charge is 0.315 e. The first-order valence-corrected chi connectivity index (χ1v) is 8.02. The summed E-state index contributed by atoms with van der Waals surface area (Å²) in [6.07, 6.45) is -0.838. The number of aromatic amines is 1. The number of aromatic nitrogens is 1. The fourth-order valence-electron chi connectivity index (χ4n) is 2.31. The van der Waals surface area contributed by atoms with Crippen LogP contribution in [0.5, 0.6) is 5.75 Å². The summed E-state index contributed by atoms with van der Waals surface area (Å²) in [5, 5.41) is 15.0. The maximum Gasteiger partial charge on any atom is 0.315 e. The summed E-state index contributed by atoms with van der Waals surface area (Å²) >= 11 is 0. The normalized spacial score (nSPS) is 11.6. The highest BCUT2D eigenvalue weighted by atomic mass is 16.5. The van der Waals surface area contributed by atoms with Crippen molar-refractivity contribution in [3.8, 4) is 5.75 Å². The third-order valence-electron chi connectivity index (χ3n) is 3.60. The van der Waals surface area contributed by atoms with E-state index in [-0.39, 0.29) is 25.3 Å². The monoisotopic (exact) mass is 345 g/mol. The number of hydrogen-bond donors (Lipinski definition) is 4. The molecule has 25 heavy (non-hydrogen) atoms. The molecule has 0 aliphatic rings. The molecule has 1 atom stereocenters. The number of nitrogens with one attached hydrogen (secondary N) is 3. The van der Waals surface area contributed by atoms with Crippen LogP contribution < -0.4 is 20.9 Å². The molecular formula is C18H23N3O4. The van der Waals surface area contributed by atoms with Crippen molar-refractivity contribution in [2.75, 3.05) is 13.2 Å². The molecule has 0 aliphatic heterocycles. The molecule has 0 radical (unpaired) electrons. The van der Waals surface area contributed by atoms with Crippen LogP contribution >= 0.6 is 0 Å². The van der Waals surface area contributed by atoms with E-state index in [0.717, 1.165) is 11.3 Å². The second kappa shape index (κ2) is 8.89. The number of ether oxygens (including phenoxy) is 1. The van der Waals surface area contributed by atoms with Gasteiger partial charge < -0.3 is 25.5 Å². The number of amides is 2. The Morgan fingerprint density at radius 1 is 1.24 bits per heavy atom. The largest absolute Gasteiger partial charge is 0.491 e. The second-order valence-corrected chi connectivity index (χ2v) is 5.78. The molecule has 0 bridgehead atoms. The van der Waals surface area contributed by atoms with Gasteiger partial charge in [0.25, 0.3) is 5.56 Å². The minimum atomic E-state index is -0.838. The maximum absolute atomic E-state index is 11.9. The molecule has 0 fully saturated rings. The summed E-state index contributed by atoms with van der Waals surface area (Å²) in [5.74, 6) is 0.653. The number of carbonyl (C=O) groups excluding carboxylic acids is 1. The highest BCUT2D eigenvalue weighted by molar-refractivity contribution is 5.73. The van der Waals surface area contributed by atoms with Crippen molar-refractivity contribution in [2.24, 2.45) is 0 Å². The van der Waals surface area contributed by atoms with Crippen LogP contribution in [0, 0.1) is 13.8 Å². The van der Waals surface area contributed by atoms with Gasteiger partial charge in [0.05, 0.1) is 6.54 Å². The van der Waals surface area contributed by atoms with Gasteiger partial charge in [-0.15, -0.1) is 0 Å². The van der Waals surface area contributed by atoms with E-state index in [0.29, 0.717) is 11.3 Å². The van der Waals surface area contributed by atoms with Crippen LogP contribution in [0.1, 0.15) is 16.8 Å². The third-order valence-corrected chi connectivity index (χ3v) is 3.60. The van der Waals surface area contributed by atoms with E-state index in [1.165, 1.54) is 0 Å². The Morgan fingerprint density at radius 3 is 2.64 bits per heavy atom. The van der Waals surface area contributed by atoms with Crippen LogP contribution in [0.3, 0.4) is 0 Å². The first kappa shape index (κ1) is 18.5. The molecule has 4 N–H and O–H groups in total. The summed E-state index contributed by atoms with van der Waals surface area (Å²) in [6, 6.07) is 10.5. The van der Waals surface area contributed by atoms with Gasteiger partial charge in [0.1, 0.15) is 18.5 Å². The molecule has 1 aromatic heterocycles. The molecule has 0 spiro atoms. The number of aliphatic hydroxyl groups is 1. The van der Waals surface area contributed by atoms with E-state index < -0.39 is 12.1 Å². The maximum atomic E-state index is 11.9. The van der Waals surface area contributed by atoms with Crippen LogP contribution in [-0.2, 0) is 6.54 Å². The van der Waals surface area contributed by atoms with Crippen LogP contribution in [0.4, 0.5) is 4.79 Å². The Hall–Kier alpha value is -2.80. The first-order chi connectivity index (χ1) is 12.0. The van der Waals surface area contributed by atoms with E-state index in [4.69, 9.17) is 4.74 Å². The van der Waals surface area contributed by atoms with Crippen molar-refractivity contribution in [3.63, 3.8) is 0 Å². The molecule has 2 rings (SSSR count). The van der Waals surface area contributed by atoms with E-state index in [9.17, 15) is 14.7 Å². The lowest BCUT2D eigenvalue weighted by Crippen LogP contribution is -2.41. The van der Waals surface area contributed by atoms with Gasteiger partial charge in [-0.05, 0) is 37.6 Å². The minimum absolute atomic E-state index is 0.0436.